The van der Waals surface area contributed by atoms with Crippen LogP contribution in [0.4, 0.5) is 5.69 Å². The molecule has 1 aromatic carbocycles. The summed E-state index contributed by atoms with van der Waals surface area (Å²) in [7, 11) is 0. The van der Waals surface area contributed by atoms with Gasteiger partial charge >= 0.3 is 0 Å². The maximum atomic E-state index is 9.13. The number of aliphatic hydroxyl groups excluding tert-OH is 1. The third-order valence-corrected chi connectivity index (χ3v) is 3.07. The zero-order valence-corrected chi connectivity index (χ0v) is 9.76. The van der Waals surface area contributed by atoms with Crippen molar-refractivity contribution < 1.29 is 5.11 Å². The summed E-state index contributed by atoms with van der Waals surface area (Å²) < 4.78 is 0. The summed E-state index contributed by atoms with van der Waals surface area (Å²) in [5.41, 5.74) is 8.34. The molecule has 16 heavy (non-hydrogen) atoms. The Kier molecular flexibility index (Phi) is 3.46. The first-order valence-electron chi connectivity index (χ1n) is 5.96. The van der Waals surface area contributed by atoms with Crippen LogP contribution in [0.25, 0.3) is 0 Å². The number of aliphatic hydroxyl groups is 1. The number of nitrogens with two attached hydrogens (primary N) is 1. The molecule has 1 fully saturated rings. The van der Waals surface area contributed by atoms with Crippen molar-refractivity contribution in [2.75, 3.05) is 18.1 Å². The maximum Gasteiger partial charge on any atom is 0.0606 e. The highest BCUT2D eigenvalue weighted by Crippen LogP contribution is 2.34. The molecule has 3 N–H and O–H groups in total. The van der Waals surface area contributed by atoms with Crippen LogP contribution < -0.4 is 10.6 Å². The summed E-state index contributed by atoms with van der Waals surface area (Å²) in [5.74, 6) is 0. The molecule has 2 rings (SSSR count). The number of hydrogen-bond donors (Lipinski definition) is 2. The Morgan fingerprint density at radius 1 is 1.44 bits per heavy atom. The molecule has 0 radical (unpaired) electrons. The monoisotopic (exact) mass is 220 g/mol. The highest BCUT2D eigenvalue weighted by atomic mass is 16.3. The zero-order valence-electron chi connectivity index (χ0n) is 9.76. The molecule has 0 bridgehead atoms. The summed E-state index contributed by atoms with van der Waals surface area (Å²) in [5, 5.41) is 9.13. The fraction of sp³-hybridized carbons (Fsp3) is 0.538. The van der Waals surface area contributed by atoms with Crippen molar-refractivity contribution in [1.29, 1.82) is 0 Å². The van der Waals surface area contributed by atoms with Crippen LogP contribution in [0.2, 0.25) is 0 Å². The lowest BCUT2D eigenvalue weighted by Gasteiger charge is -2.27. The standard InChI is InChI=1S/C13H20N2O/c1-10(14)12-4-2-3-5-13(12)15(8-9-16)11-6-7-11/h2-5,10-11,16H,6-9,14H2,1H3/t10-/m1/s1. The van der Waals surface area contributed by atoms with E-state index in [1.54, 1.807) is 0 Å². The van der Waals surface area contributed by atoms with Gasteiger partial charge in [0.1, 0.15) is 0 Å². The SMILES string of the molecule is C[C@@H](N)c1ccccc1N(CCO)C1CC1. The Balaban J connectivity index is 2.28. The first-order chi connectivity index (χ1) is 7.74. The molecular weight excluding hydrogens is 200 g/mol. The third kappa shape index (κ3) is 2.36. The molecule has 1 aromatic rings. The number of para-hydroxylation sites is 1. The van der Waals surface area contributed by atoms with E-state index in [9.17, 15) is 0 Å². The normalized spacial score (nSPS) is 17.2. The van der Waals surface area contributed by atoms with Crippen LogP contribution in [-0.4, -0.2) is 24.3 Å². The highest BCUT2D eigenvalue weighted by molar-refractivity contribution is 5.56. The fourth-order valence-corrected chi connectivity index (χ4v) is 2.13. The van der Waals surface area contributed by atoms with Crippen LogP contribution in [0.3, 0.4) is 0 Å². The van der Waals surface area contributed by atoms with Gasteiger partial charge in [-0.05, 0) is 31.4 Å². The van der Waals surface area contributed by atoms with E-state index >= 15 is 0 Å². The molecule has 3 nitrogen and oxygen atoms in total. The largest absolute Gasteiger partial charge is 0.395 e. The third-order valence-electron chi connectivity index (χ3n) is 3.07. The lowest BCUT2D eigenvalue weighted by molar-refractivity contribution is 0.301. The molecule has 0 aliphatic heterocycles. The van der Waals surface area contributed by atoms with Crippen molar-refractivity contribution in [2.24, 2.45) is 5.73 Å². The van der Waals surface area contributed by atoms with Crippen molar-refractivity contribution >= 4 is 5.69 Å². The number of hydrogen-bond acceptors (Lipinski definition) is 3. The summed E-state index contributed by atoms with van der Waals surface area (Å²) >= 11 is 0. The van der Waals surface area contributed by atoms with Gasteiger partial charge in [-0.25, -0.2) is 0 Å². The van der Waals surface area contributed by atoms with Gasteiger partial charge in [-0.2, -0.15) is 0 Å². The molecule has 0 aromatic heterocycles. The predicted molar refractivity (Wildman–Crippen MR) is 66.5 cm³/mol. The molecule has 88 valence electrons. The van der Waals surface area contributed by atoms with E-state index in [0.29, 0.717) is 12.6 Å². The lowest BCUT2D eigenvalue weighted by Crippen LogP contribution is -2.30. The quantitative estimate of drug-likeness (QED) is 0.793. The fourth-order valence-electron chi connectivity index (χ4n) is 2.13. The van der Waals surface area contributed by atoms with Crippen molar-refractivity contribution in [3.63, 3.8) is 0 Å². The number of benzene rings is 1. The van der Waals surface area contributed by atoms with Crippen LogP contribution >= 0.6 is 0 Å². The second-order valence-electron chi connectivity index (χ2n) is 4.50. The minimum absolute atomic E-state index is 0.0381. The minimum Gasteiger partial charge on any atom is -0.395 e. The Bertz CT molecular complexity index is 348. The first-order valence-corrected chi connectivity index (χ1v) is 5.96. The van der Waals surface area contributed by atoms with Crippen molar-refractivity contribution in [3.05, 3.63) is 29.8 Å². The van der Waals surface area contributed by atoms with Gasteiger partial charge < -0.3 is 15.7 Å². The van der Waals surface area contributed by atoms with Gasteiger partial charge in [0.2, 0.25) is 0 Å². The molecule has 0 unspecified atom stereocenters. The van der Waals surface area contributed by atoms with E-state index in [4.69, 9.17) is 10.8 Å². The topological polar surface area (TPSA) is 49.5 Å². The van der Waals surface area contributed by atoms with Gasteiger partial charge in [0.15, 0.2) is 0 Å². The molecule has 1 aliphatic carbocycles. The smallest absolute Gasteiger partial charge is 0.0606 e. The molecule has 1 saturated carbocycles. The van der Waals surface area contributed by atoms with Gasteiger partial charge in [0.25, 0.3) is 0 Å². The van der Waals surface area contributed by atoms with Crippen LogP contribution in [0, 0.1) is 0 Å². The Morgan fingerprint density at radius 2 is 2.12 bits per heavy atom. The Morgan fingerprint density at radius 3 is 2.69 bits per heavy atom. The second kappa shape index (κ2) is 4.85. The van der Waals surface area contributed by atoms with Crippen LogP contribution in [0.1, 0.15) is 31.4 Å². The van der Waals surface area contributed by atoms with Gasteiger partial charge in [-0.3, -0.25) is 0 Å². The zero-order chi connectivity index (χ0) is 11.5. The molecule has 0 saturated heterocycles. The number of rotatable bonds is 5. The molecule has 1 aliphatic rings. The highest BCUT2D eigenvalue weighted by Gasteiger charge is 2.30. The molecule has 0 heterocycles. The Labute approximate surface area is 96.9 Å². The van der Waals surface area contributed by atoms with Crippen molar-refractivity contribution in [1.82, 2.24) is 0 Å². The van der Waals surface area contributed by atoms with E-state index in [-0.39, 0.29) is 12.6 Å². The van der Waals surface area contributed by atoms with E-state index in [2.05, 4.69) is 17.0 Å². The van der Waals surface area contributed by atoms with E-state index in [0.717, 1.165) is 0 Å². The molecular formula is C13H20N2O. The molecule has 0 amide bonds. The second-order valence-corrected chi connectivity index (χ2v) is 4.50. The van der Waals surface area contributed by atoms with Gasteiger partial charge in [0.05, 0.1) is 6.61 Å². The van der Waals surface area contributed by atoms with Gasteiger partial charge in [-0.1, -0.05) is 18.2 Å². The average molecular weight is 220 g/mol. The molecule has 3 heteroatoms. The summed E-state index contributed by atoms with van der Waals surface area (Å²) in [4.78, 5) is 2.29. The number of anilines is 1. The first kappa shape index (κ1) is 11.4. The van der Waals surface area contributed by atoms with E-state index < -0.39 is 0 Å². The predicted octanol–water partition coefficient (Wildman–Crippen LogP) is 1.67. The van der Waals surface area contributed by atoms with Crippen molar-refractivity contribution in [3.8, 4) is 0 Å². The summed E-state index contributed by atoms with van der Waals surface area (Å²) in [6, 6.07) is 8.88. The van der Waals surface area contributed by atoms with Crippen LogP contribution in [0.15, 0.2) is 24.3 Å². The minimum atomic E-state index is 0.0381. The average Bonchev–Trinajstić information content (AvgIpc) is 3.10. The van der Waals surface area contributed by atoms with Crippen LogP contribution in [-0.2, 0) is 0 Å². The maximum absolute atomic E-state index is 9.13. The van der Waals surface area contributed by atoms with E-state index in [1.165, 1.54) is 24.1 Å². The van der Waals surface area contributed by atoms with Crippen LogP contribution in [0.5, 0.6) is 0 Å². The lowest BCUT2D eigenvalue weighted by atomic mass is 10.1. The molecule has 1 atom stereocenters. The van der Waals surface area contributed by atoms with Crippen molar-refractivity contribution in [2.45, 2.75) is 31.8 Å². The van der Waals surface area contributed by atoms with Gasteiger partial charge in [0, 0.05) is 24.3 Å². The van der Waals surface area contributed by atoms with Gasteiger partial charge in [-0.15, -0.1) is 0 Å². The molecule has 0 spiro atoms. The summed E-state index contributed by atoms with van der Waals surface area (Å²) in [6.07, 6.45) is 2.46. The summed E-state index contributed by atoms with van der Waals surface area (Å²) in [6.45, 7) is 2.90. The van der Waals surface area contributed by atoms with E-state index in [1.807, 2.05) is 19.1 Å². The Hall–Kier alpha value is -1.06. The number of nitrogens with zero attached hydrogens (tertiary/aromatic N) is 1.